The SMILES string of the molecule is Cc1nc(COc2cccc(/C=C/C(=O)NCc3ccccn3)c2)cs1. The molecule has 2 aromatic heterocycles. The van der Waals surface area contributed by atoms with Crippen molar-refractivity contribution in [3.05, 3.63) is 82.1 Å². The third-order valence-corrected chi connectivity index (χ3v) is 4.33. The molecule has 3 rings (SSSR count). The van der Waals surface area contributed by atoms with E-state index >= 15 is 0 Å². The predicted octanol–water partition coefficient (Wildman–Crippen LogP) is 3.76. The topological polar surface area (TPSA) is 64.1 Å². The van der Waals surface area contributed by atoms with E-state index < -0.39 is 0 Å². The van der Waals surface area contributed by atoms with E-state index in [4.69, 9.17) is 4.74 Å². The third kappa shape index (κ3) is 5.53. The van der Waals surface area contributed by atoms with Gasteiger partial charge < -0.3 is 10.1 Å². The Hall–Kier alpha value is -2.99. The molecule has 2 heterocycles. The monoisotopic (exact) mass is 365 g/mol. The summed E-state index contributed by atoms with van der Waals surface area (Å²) in [4.78, 5) is 20.5. The van der Waals surface area contributed by atoms with Crippen LogP contribution in [0.5, 0.6) is 5.75 Å². The largest absolute Gasteiger partial charge is 0.487 e. The molecule has 0 aliphatic rings. The highest BCUT2D eigenvalue weighted by atomic mass is 32.1. The second kappa shape index (κ2) is 8.92. The van der Waals surface area contributed by atoms with Crippen molar-refractivity contribution < 1.29 is 9.53 Å². The fraction of sp³-hybridized carbons (Fsp3) is 0.150. The summed E-state index contributed by atoms with van der Waals surface area (Å²) in [6, 6.07) is 13.2. The Kier molecular flexibility index (Phi) is 6.11. The van der Waals surface area contributed by atoms with Crippen LogP contribution in [0.2, 0.25) is 0 Å². The van der Waals surface area contributed by atoms with E-state index in [0.717, 1.165) is 27.7 Å². The Balaban J connectivity index is 1.52. The summed E-state index contributed by atoms with van der Waals surface area (Å²) in [6.07, 6.45) is 4.97. The molecule has 132 valence electrons. The van der Waals surface area contributed by atoms with E-state index in [1.54, 1.807) is 23.6 Å². The van der Waals surface area contributed by atoms with Crippen LogP contribution in [0, 0.1) is 6.92 Å². The third-order valence-electron chi connectivity index (χ3n) is 3.51. The molecule has 3 aromatic rings. The van der Waals surface area contributed by atoms with Crippen LogP contribution in [-0.4, -0.2) is 15.9 Å². The number of nitrogens with one attached hydrogen (secondary N) is 1. The number of ether oxygens (including phenoxy) is 1. The van der Waals surface area contributed by atoms with Crippen LogP contribution >= 0.6 is 11.3 Å². The first kappa shape index (κ1) is 17.8. The average Bonchev–Trinajstić information content (AvgIpc) is 3.09. The van der Waals surface area contributed by atoms with E-state index in [0.29, 0.717) is 13.2 Å². The van der Waals surface area contributed by atoms with Crippen molar-refractivity contribution in [3.8, 4) is 5.75 Å². The van der Waals surface area contributed by atoms with Crippen LogP contribution in [0.1, 0.15) is 22.0 Å². The molecule has 0 saturated carbocycles. The van der Waals surface area contributed by atoms with Crippen molar-refractivity contribution in [1.82, 2.24) is 15.3 Å². The van der Waals surface area contributed by atoms with E-state index in [2.05, 4.69) is 15.3 Å². The average molecular weight is 365 g/mol. The molecule has 0 aliphatic carbocycles. The zero-order valence-corrected chi connectivity index (χ0v) is 15.2. The molecular formula is C20H19N3O2S. The number of pyridine rings is 1. The minimum Gasteiger partial charge on any atom is -0.487 e. The Morgan fingerprint density at radius 1 is 1.23 bits per heavy atom. The molecule has 1 N–H and O–H groups in total. The van der Waals surface area contributed by atoms with Crippen molar-refractivity contribution in [3.63, 3.8) is 0 Å². The van der Waals surface area contributed by atoms with Crippen LogP contribution < -0.4 is 10.1 Å². The first-order valence-corrected chi connectivity index (χ1v) is 9.07. The molecular weight excluding hydrogens is 346 g/mol. The van der Waals surface area contributed by atoms with Crippen LogP contribution in [0.4, 0.5) is 0 Å². The summed E-state index contributed by atoms with van der Waals surface area (Å²) in [5.41, 5.74) is 2.63. The summed E-state index contributed by atoms with van der Waals surface area (Å²) < 4.78 is 5.76. The van der Waals surface area contributed by atoms with Gasteiger partial charge in [-0.2, -0.15) is 0 Å². The van der Waals surface area contributed by atoms with Crippen LogP contribution in [-0.2, 0) is 17.9 Å². The number of hydrogen-bond acceptors (Lipinski definition) is 5. The smallest absolute Gasteiger partial charge is 0.244 e. The Morgan fingerprint density at radius 2 is 2.15 bits per heavy atom. The van der Waals surface area contributed by atoms with Crippen molar-refractivity contribution in [2.45, 2.75) is 20.1 Å². The number of benzene rings is 1. The summed E-state index contributed by atoms with van der Waals surface area (Å²) in [7, 11) is 0. The number of carbonyl (C=O) groups excluding carboxylic acids is 1. The zero-order chi connectivity index (χ0) is 18.2. The Morgan fingerprint density at radius 3 is 2.92 bits per heavy atom. The standard InChI is InChI=1S/C20H19N3O2S/c1-15-23-18(14-26-15)13-25-19-7-4-5-16(11-19)8-9-20(24)22-12-17-6-2-3-10-21-17/h2-11,14H,12-13H2,1H3,(H,22,24)/b9-8+. The highest BCUT2D eigenvalue weighted by Crippen LogP contribution is 2.17. The molecule has 26 heavy (non-hydrogen) atoms. The number of rotatable bonds is 7. The van der Waals surface area contributed by atoms with E-state index in [1.807, 2.05) is 54.8 Å². The van der Waals surface area contributed by atoms with Gasteiger partial charge in [-0.1, -0.05) is 18.2 Å². The fourth-order valence-corrected chi connectivity index (χ4v) is 2.85. The molecule has 0 aliphatic heterocycles. The van der Waals surface area contributed by atoms with Crippen molar-refractivity contribution in [2.75, 3.05) is 0 Å². The molecule has 5 nitrogen and oxygen atoms in total. The maximum atomic E-state index is 11.9. The highest BCUT2D eigenvalue weighted by Gasteiger charge is 2.01. The highest BCUT2D eigenvalue weighted by molar-refractivity contribution is 7.09. The van der Waals surface area contributed by atoms with Gasteiger partial charge in [0, 0.05) is 17.7 Å². The summed E-state index contributed by atoms with van der Waals surface area (Å²) in [5, 5.41) is 5.82. The van der Waals surface area contributed by atoms with Crippen molar-refractivity contribution >= 4 is 23.3 Å². The lowest BCUT2D eigenvalue weighted by atomic mass is 10.2. The minimum atomic E-state index is -0.167. The minimum absolute atomic E-state index is 0.167. The first-order chi connectivity index (χ1) is 12.7. The normalized spacial score (nSPS) is 10.8. The van der Waals surface area contributed by atoms with Crippen LogP contribution in [0.3, 0.4) is 0 Å². The number of thiazole rings is 1. The predicted molar refractivity (Wildman–Crippen MR) is 103 cm³/mol. The molecule has 0 bridgehead atoms. The van der Waals surface area contributed by atoms with Gasteiger partial charge in [-0.3, -0.25) is 9.78 Å². The number of nitrogens with zero attached hydrogens (tertiary/aromatic N) is 2. The number of hydrogen-bond donors (Lipinski definition) is 1. The lowest BCUT2D eigenvalue weighted by Gasteiger charge is -2.05. The van der Waals surface area contributed by atoms with Gasteiger partial charge in [0.05, 0.1) is 22.9 Å². The van der Waals surface area contributed by atoms with E-state index in [-0.39, 0.29) is 5.91 Å². The Bertz CT molecular complexity index is 891. The lowest BCUT2D eigenvalue weighted by molar-refractivity contribution is -0.116. The van der Waals surface area contributed by atoms with Gasteiger partial charge in [0.15, 0.2) is 0 Å². The van der Waals surface area contributed by atoms with Gasteiger partial charge >= 0.3 is 0 Å². The zero-order valence-electron chi connectivity index (χ0n) is 14.4. The van der Waals surface area contributed by atoms with E-state index in [1.165, 1.54) is 6.08 Å². The number of carbonyl (C=O) groups is 1. The first-order valence-electron chi connectivity index (χ1n) is 8.19. The molecule has 6 heteroatoms. The summed E-state index contributed by atoms with van der Waals surface area (Å²) in [5.74, 6) is 0.576. The van der Waals surface area contributed by atoms with Gasteiger partial charge in [0.25, 0.3) is 0 Å². The van der Waals surface area contributed by atoms with Gasteiger partial charge in [0.1, 0.15) is 12.4 Å². The molecule has 0 spiro atoms. The van der Waals surface area contributed by atoms with Crippen LogP contribution in [0.15, 0.2) is 60.1 Å². The molecule has 0 fully saturated rings. The van der Waals surface area contributed by atoms with Crippen molar-refractivity contribution in [2.24, 2.45) is 0 Å². The number of aromatic nitrogens is 2. The molecule has 0 atom stereocenters. The maximum Gasteiger partial charge on any atom is 0.244 e. The number of aryl methyl sites for hydroxylation is 1. The second-order valence-corrected chi connectivity index (χ2v) is 6.65. The molecule has 0 radical (unpaired) electrons. The molecule has 0 unspecified atom stereocenters. The maximum absolute atomic E-state index is 11.9. The fourth-order valence-electron chi connectivity index (χ4n) is 2.25. The summed E-state index contributed by atoms with van der Waals surface area (Å²) >= 11 is 1.61. The van der Waals surface area contributed by atoms with Gasteiger partial charge in [-0.15, -0.1) is 11.3 Å². The second-order valence-electron chi connectivity index (χ2n) is 5.59. The van der Waals surface area contributed by atoms with Gasteiger partial charge in [-0.05, 0) is 42.8 Å². The number of amides is 1. The molecule has 1 aromatic carbocycles. The van der Waals surface area contributed by atoms with Crippen LogP contribution in [0.25, 0.3) is 6.08 Å². The van der Waals surface area contributed by atoms with Gasteiger partial charge in [-0.25, -0.2) is 4.98 Å². The Labute approximate surface area is 156 Å². The quantitative estimate of drug-likeness (QED) is 0.648. The van der Waals surface area contributed by atoms with Crippen molar-refractivity contribution in [1.29, 1.82) is 0 Å². The molecule has 1 amide bonds. The van der Waals surface area contributed by atoms with Gasteiger partial charge in [0.2, 0.25) is 5.91 Å². The lowest BCUT2D eigenvalue weighted by Crippen LogP contribution is -2.20. The van der Waals surface area contributed by atoms with E-state index in [9.17, 15) is 4.79 Å². The summed E-state index contributed by atoms with van der Waals surface area (Å²) in [6.45, 7) is 2.81. The molecule has 0 saturated heterocycles.